The Labute approximate surface area is 121 Å². The van der Waals surface area contributed by atoms with Gasteiger partial charge in [0.15, 0.2) is 0 Å². The third-order valence-electron chi connectivity index (χ3n) is 3.03. The van der Waals surface area contributed by atoms with Gasteiger partial charge in [0.05, 0.1) is 11.8 Å². The van der Waals surface area contributed by atoms with Crippen molar-refractivity contribution < 1.29 is 9.15 Å². The molecule has 0 N–H and O–H groups in total. The first kappa shape index (κ1) is 13.1. The third-order valence-corrected chi connectivity index (χ3v) is 3.03. The summed E-state index contributed by atoms with van der Waals surface area (Å²) in [5.74, 6) is 0.739. The molecule has 0 fully saturated rings. The van der Waals surface area contributed by atoms with E-state index >= 15 is 0 Å². The zero-order valence-corrected chi connectivity index (χ0v) is 11.2. The molecule has 0 saturated heterocycles. The lowest BCUT2D eigenvalue weighted by atomic mass is 10.1. The SMILES string of the molecule is O=c1occcc1-c1ccc(OCc2cccnc2)cc1. The molecule has 4 nitrogen and oxygen atoms in total. The summed E-state index contributed by atoms with van der Waals surface area (Å²) in [5, 5.41) is 0. The number of nitrogens with zero attached hydrogens (tertiary/aromatic N) is 1. The average molecular weight is 279 g/mol. The fourth-order valence-electron chi connectivity index (χ4n) is 1.96. The summed E-state index contributed by atoms with van der Waals surface area (Å²) in [6.45, 7) is 0.459. The number of hydrogen-bond donors (Lipinski definition) is 0. The summed E-state index contributed by atoms with van der Waals surface area (Å²) < 4.78 is 10.5. The maximum atomic E-state index is 11.6. The van der Waals surface area contributed by atoms with Gasteiger partial charge in [-0.15, -0.1) is 0 Å². The van der Waals surface area contributed by atoms with Crippen LogP contribution in [0.5, 0.6) is 5.75 Å². The number of rotatable bonds is 4. The standard InChI is InChI=1S/C17H13NO3/c19-17-16(4-2-10-20-17)14-5-7-15(8-6-14)21-12-13-3-1-9-18-11-13/h1-11H,12H2. The van der Waals surface area contributed by atoms with Gasteiger partial charge in [-0.1, -0.05) is 18.2 Å². The van der Waals surface area contributed by atoms with Crippen LogP contribution in [0.4, 0.5) is 0 Å². The highest BCUT2D eigenvalue weighted by Gasteiger charge is 2.04. The zero-order chi connectivity index (χ0) is 14.5. The Morgan fingerprint density at radius 3 is 2.62 bits per heavy atom. The van der Waals surface area contributed by atoms with E-state index in [0.29, 0.717) is 12.2 Å². The largest absolute Gasteiger partial charge is 0.489 e. The van der Waals surface area contributed by atoms with E-state index < -0.39 is 0 Å². The molecule has 0 unspecified atom stereocenters. The maximum absolute atomic E-state index is 11.6. The highest BCUT2D eigenvalue weighted by molar-refractivity contribution is 5.62. The van der Waals surface area contributed by atoms with Crippen LogP contribution in [-0.2, 0) is 6.61 Å². The molecule has 4 heteroatoms. The summed E-state index contributed by atoms with van der Waals surface area (Å²) in [5.41, 5.74) is 2.00. The minimum Gasteiger partial charge on any atom is -0.489 e. The summed E-state index contributed by atoms with van der Waals surface area (Å²) in [7, 11) is 0. The van der Waals surface area contributed by atoms with E-state index in [-0.39, 0.29) is 5.63 Å². The Balaban J connectivity index is 1.73. The van der Waals surface area contributed by atoms with Crippen LogP contribution in [0.3, 0.4) is 0 Å². The number of aromatic nitrogens is 1. The van der Waals surface area contributed by atoms with Crippen LogP contribution in [0.1, 0.15) is 5.56 Å². The average Bonchev–Trinajstić information content (AvgIpc) is 2.55. The van der Waals surface area contributed by atoms with Gasteiger partial charge in [0.1, 0.15) is 12.4 Å². The summed E-state index contributed by atoms with van der Waals surface area (Å²) in [6.07, 6.45) is 4.87. The number of benzene rings is 1. The Kier molecular flexibility index (Phi) is 3.78. The van der Waals surface area contributed by atoms with Crippen molar-refractivity contribution in [3.63, 3.8) is 0 Å². The molecule has 0 aliphatic heterocycles. The van der Waals surface area contributed by atoms with Gasteiger partial charge in [-0.25, -0.2) is 4.79 Å². The minimum atomic E-state index is -0.346. The fraction of sp³-hybridized carbons (Fsp3) is 0.0588. The molecule has 104 valence electrons. The van der Waals surface area contributed by atoms with Crippen LogP contribution in [0.2, 0.25) is 0 Å². The van der Waals surface area contributed by atoms with Crippen molar-refractivity contribution in [3.8, 4) is 16.9 Å². The first-order valence-corrected chi connectivity index (χ1v) is 6.53. The second kappa shape index (κ2) is 6.05. The molecule has 2 aromatic heterocycles. The first-order valence-electron chi connectivity index (χ1n) is 6.53. The second-order valence-corrected chi connectivity index (χ2v) is 4.49. The molecule has 0 aliphatic rings. The molecule has 0 saturated carbocycles. The Morgan fingerprint density at radius 2 is 1.90 bits per heavy atom. The van der Waals surface area contributed by atoms with Crippen molar-refractivity contribution in [1.82, 2.24) is 4.98 Å². The Morgan fingerprint density at radius 1 is 1.05 bits per heavy atom. The molecule has 21 heavy (non-hydrogen) atoms. The molecule has 3 rings (SSSR count). The van der Waals surface area contributed by atoms with Crippen molar-refractivity contribution in [2.24, 2.45) is 0 Å². The molecule has 3 aromatic rings. The summed E-state index contributed by atoms with van der Waals surface area (Å²) >= 11 is 0. The van der Waals surface area contributed by atoms with Crippen LogP contribution in [-0.4, -0.2) is 4.98 Å². The quantitative estimate of drug-likeness (QED) is 0.735. The molecule has 0 bridgehead atoms. The second-order valence-electron chi connectivity index (χ2n) is 4.49. The molecule has 0 spiro atoms. The predicted molar refractivity (Wildman–Crippen MR) is 79.0 cm³/mol. The van der Waals surface area contributed by atoms with Crippen molar-refractivity contribution >= 4 is 0 Å². The van der Waals surface area contributed by atoms with E-state index in [4.69, 9.17) is 9.15 Å². The van der Waals surface area contributed by atoms with Gasteiger partial charge < -0.3 is 9.15 Å². The van der Waals surface area contributed by atoms with Gasteiger partial charge in [0, 0.05) is 18.0 Å². The molecular formula is C17H13NO3. The lowest BCUT2D eigenvalue weighted by Gasteiger charge is -2.06. The number of ether oxygens (including phenoxy) is 1. The lowest BCUT2D eigenvalue weighted by molar-refractivity contribution is 0.306. The molecule has 0 atom stereocenters. The molecule has 0 aliphatic carbocycles. The summed E-state index contributed by atoms with van der Waals surface area (Å²) in [6, 6.07) is 14.6. The summed E-state index contributed by atoms with van der Waals surface area (Å²) in [4.78, 5) is 15.6. The van der Waals surface area contributed by atoms with E-state index in [9.17, 15) is 4.79 Å². The van der Waals surface area contributed by atoms with Crippen molar-refractivity contribution in [3.05, 3.63) is 83.2 Å². The van der Waals surface area contributed by atoms with E-state index in [1.807, 2.05) is 36.4 Å². The zero-order valence-electron chi connectivity index (χ0n) is 11.2. The lowest BCUT2D eigenvalue weighted by Crippen LogP contribution is -2.01. The van der Waals surface area contributed by atoms with E-state index in [1.54, 1.807) is 24.5 Å². The van der Waals surface area contributed by atoms with Crippen molar-refractivity contribution in [2.45, 2.75) is 6.61 Å². The third kappa shape index (κ3) is 3.17. The van der Waals surface area contributed by atoms with E-state index in [2.05, 4.69) is 4.98 Å². The Bertz CT molecular complexity index is 764. The number of pyridine rings is 1. The van der Waals surface area contributed by atoms with Gasteiger partial charge >= 0.3 is 5.63 Å². The van der Waals surface area contributed by atoms with Gasteiger partial charge in [0.25, 0.3) is 0 Å². The van der Waals surface area contributed by atoms with Gasteiger partial charge in [-0.3, -0.25) is 4.98 Å². The first-order chi connectivity index (χ1) is 10.3. The highest BCUT2D eigenvalue weighted by Crippen LogP contribution is 2.20. The van der Waals surface area contributed by atoms with E-state index in [1.165, 1.54) is 6.26 Å². The Hall–Kier alpha value is -2.88. The highest BCUT2D eigenvalue weighted by atomic mass is 16.5. The van der Waals surface area contributed by atoms with Crippen LogP contribution in [0.15, 0.2) is 76.4 Å². The molecule has 1 aromatic carbocycles. The minimum absolute atomic E-state index is 0.346. The monoisotopic (exact) mass is 279 g/mol. The maximum Gasteiger partial charge on any atom is 0.343 e. The topological polar surface area (TPSA) is 52.3 Å². The van der Waals surface area contributed by atoms with Crippen LogP contribution < -0.4 is 10.4 Å². The van der Waals surface area contributed by atoms with E-state index in [0.717, 1.165) is 16.9 Å². The van der Waals surface area contributed by atoms with Gasteiger partial charge in [-0.05, 0) is 35.9 Å². The van der Waals surface area contributed by atoms with Crippen molar-refractivity contribution in [2.75, 3.05) is 0 Å². The van der Waals surface area contributed by atoms with Crippen LogP contribution in [0.25, 0.3) is 11.1 Å². The predicted octanol–water partition coefficient (Wildman–Crippen LogP) is 3.28. The number of hydrogen-bond acceptors (Lipinski definition) is 4. The molecule has 0 amide bonds. The smallest absolute Gasteiger partial charge is 0.343 e. The van der Waals surface area contributed by atoms with Gasteiger partial charge in [0.2, 0.25) is 0 Å². The normalized spacial score (nSPS) is 10.3. The van der Waals surface area contributed by atoms with Crippen LogP contribution >= 0.6 is 0 Å². The molecule has 2 heterocycles. The van der Waals surface area contributed by atoms with Crippen LogP contribution in [0, 0.1) is 0 Å². The van der Waals surface area contributed by atoms with Gasteiger partial charge in [-0.2, -0.15) is 0 Å². The molecule has 0 radical (unpaired) electrons. The fourth-order valence-corrected chi connectivity index (χ4v) is 1.96. The van der Waals surface area contributed by atoms with Crippen molar-refractivity contribution in [1.29, 1.82) is 0 Å². The molecular weight excluding hydrogens is 266 g/mol.